The third-order valence-corrected chi connectivity index (χ3v) is 6.03. The topological polar surface area (TPSA) is 107 Å². The Labute approximate surface area is 184 Å². The molecule has 1 unspecified atom stereocenters. The van der Waals surface area contributed by atoms with Crippen LogP contribution in [-0.2, 0) is 26.9 Å². The summed E-state index contributed by atoms with van der Waals surface area (Å²) in [5.41, 5.74) is 7.36. The van der Waals surface area contributed by atoms with E-state index in [1.165, 1.54) is 25.5 Å². The highest BCUT2D eigenvalue weighted by Crippen LogP contribution is 2.26. The molecule has 1 aliphatic carbocycles. The molecule has 3 N–H and O–H groups in total. The molecule has 1 heterocycles. The van der Waals surface area contributed by atoms with E-state index in [1.807, 2.05) is 24.3 Å². The molecule has 1 saturated carbocycles. The second-order valence-electron chi connectivity index (χ2n) is 7.48. The Bertz CT molecular complexity index is 911. The number of nitrogens with zero attached hydrogens (tertiary/aromatic N) is 2. The number of fused-ring (bicyclic) bond motifs is 1. The number of hydrogen-bond donors (Lipinski definition) is 2. The number of imidazole rings is 1. The molecule has 1 fully saturated rings. The average Bonchev–Trinajstić information content (AvgIpc) is 2.96. The molecule has 3 rings (SSSR count). The standard InChI is InChI=1S/C19H28N4O3S.2ClH/c1-27(25,26)13-18-21-15-9-5-6-10-17(15)23(18)12-19(24)22-16(11-20)14-7-3-2-4-8-14;;/h5-6,9-10,14,16H,2-4,7-8,11-13,20H2,1H3,(H,22,24);2*1H. The summed E-state index contributed by atoms with van der Waals surface area (Å²) in [6, 6.07) is 7.33. The van der Waals surface area contributed by atoms with Crippen LogP contribution < -0.4 is 11.1 Å². The lowest BCUT2D eigenvalue weighted by atomic mass is 9.84. The van der Waals surface area contributed by atoms with Gasteiger partial charge in [-0.1, -0.05) is 31.4 Å². The number of sulfone groups is 1. The predicted molar refractivity (Wildman–Crippen MR) is 120 cm³/mol. The van der Waals surface area contributed by atoms with Crippen LogP contribution in [0.5, 0.6) is 0 Å². The van der Waals surface area contributed by atoms with Gasteiger partial charge in [-0.05, 0) is 30.9 Å². The lowest BCUT2D eigenvalue weighted by molar-refractivity contribution is -0.122. The van der Waals surface area contributed by atoms with E-state index in [0.717, 1.165) is 18.4 Å². The summed E-state index contributed by atoms with van der Waals surface area (Å²) < 4.78 is 25.2. The normalized spacial score (nSPS) is 15.9. The van der Waals surface area contributed by atoms with Crippen LogP contribution in [0.15, 0.2) is 24.3 Å². The number of rotatable bonds is 7. The number of benzene rings is 1. The summed E-state index contributed by atoms with van der Waals surface area (Å²) in [6.45, 7) is 0.450. The Morgan fingerprint density at radius 3 is 2.52 bits per heavy atom. The first-order valence-corrected chi connectivity index (χ1v) is 11.5. The predicted octanol–water partition coefficient (Wildman–Crippen LogP) is 2.45. The van der Waals surface area contributed by atoms with E-state index in [1.54, 1.807) is 4.57 Å². The SMILES string of the molecule is CS(=O)(=O)Cc1nc2ccccc2n1CC(=O)NC(CN)C1CCCCC1.Cl.Cl. The lowest BCUT2D eigenvalue weighted by Crippen LogP contribution is -2.47. The molecule has 7 nitrogen and oxygen atoms in total. The van der Waals surface area contributed by atoms with Crippen molar-refractivity contribution in [3.8, 4) is 0 Å². The fraction of sp³-hybridized carbons (Fsp3) is 0.579. The molecule has 29 heavy (non-hydrogen) atoms. The smallest absolute Gasteiger partial charge is 0.240 e. The van der Waals surface area contributed by atoms with Gasteiger partial charge in [-0.25, -0.2) is 13.4 Å². The maximum Gasteiger partial charge on any atom is 0.240 e. The van der Waals surface area contributed by atoms with Gasteiger partial charge in [-0.3, -0.25) is 4.79 Å². The summed E-state index contributed by atoms with van der Waals surface area (Å²) in [4.78, 5) is 17.1. The zero-order valence-electron chi connectivity index (χ0n) is 16.5. The Kier molecular flexibility index (Phi) is 9.88. The van der Waals surface area contributed by atoms with Gasteiger partial charge in [-0.15, -0.1) is 24.8 Å². The fourth-order valence-electron chi connectivity index (χ4n) is 3.95. The van der Waals surface area contributed by atoms with Crippen molar-refractivity contribution in [3.63, 3.8) is 0 Å². The summed E-state index contributed by atoms with van der Waals surface area (Å²) in [7, 11) is -3.26. The molecular formula is C19H30Cl2N4O3S. The van der Waals surface area contributed by atoms with Crippen molar-refractivity contribution in [1.29, 1.82) is 0 Å². The van der Waals surface area contributed by atoms with E-state index in [-0.39, 0.29) is 49.1 Å². The highest BCUT2D eigenvalue weighted by atomic mass is 35.5. The molecule has 0 spiro atoms. The number of para-hydroxylation sites is 2. The maximum atomic E-state index is 12.7. The van der Waals surface area contributed by atoms with Gasteiger partial charge in [0.1, 0.15) is 18.1 Å². The highest BCUT2D eigenvalue weighted by molar-refractivity contribution is 7.89. The molecule has 1 amide bonds. The quantitative estimate of drug-likeness (QED) is 0.653. The maximum absolute atomic E-state index is 12.7. The van der Waals surface area contributed by atoms with Crippen molar-refractivity contribution in [2.24, 2.45) is 11.7 Å². The van der Waals surface area contributed by atoms with Crippen LogP contribution in [0, 0.1) is 5.92 Å². The molecule has 164 valence electrons. The minimum Gasteiger partial charge on any atom is -0.350 e. The molecule has 1 atom stereocenters. The van der Waals surface area contributed by atoms with Crippen LogP contribution >= 0.6 is 24.8 Å². The lowest BCUT2D eigenvalue weighted by Gasteiger charge is -2.30. The number of carbonyl (C=O) groups is 1. The van der Waals surface area contributed by atoms with Gasteiger partial charge in [0, 0.05) is 18.8 Å². The number of nitrogens with one attached hydrogen (secondary N) is 1. The minimum absolute atomic E-state index is 0. The summed E-state index contributed by atoms with van der Waals surface area (Å²) in [6.07, 6.45) is 6.97. The molecule has 1 aromatic carbocycles. The van der Waals surface area contributed by atoms with Crippen LogP contribution in [-0.4, -0.2) is 42.7 Å². The fourth-order valence-corrected chi connectivity index (χ4v) is 4.64. The van der Waals surface area contributed by atoms with E-state index in [0.29, 0.717) is 23.8 Å². The van der Waals surface area contributed by atoms with Crippen LogP contribution in [0.2, 0.25) is 0 Å². The Hall–Kier alpha value is -1.35. The molecule has 0 bridgehead atoms. The monoisotopic (exact) mass is 464 g/mol. The zero-order valence-corrected chi connectivity index (χ0v) is 19.0. The van der Waals surface area contributed by atoms with E-state index in [4.69, 9.17) is 5.73 Å². The van der Waals surface area contributed by atoms with Crippen molar-refractivity contribution in [2.45, 2.75) is 50.4 Å². The van der Waals surface area contributed by atoms with Gasteiger partial charge in [0.25, 0.3) is 0 Å². The molecule has 0 radical (unpaired) electrons. The third kappa shape index (κ3) is 6.84. The van der Waals surface area contributed by atoms with Crippen molar-refractivity contribution in [2.75, 3.05) is 12.8 Å². The van der Waals surface area contributed by atoms with Gasteiger partial charge in [0.15, 0.2) is 9.84 Å². The van der Waals surface area contributed by atoms with E-state index < -0.39 is 9.84 Å². The van der Waals surface area contributed by atoms with Gasteiger partial charge < -0.3 is 15.6 Å². The summed E-state index contributed by atoms with van der Waals surface area (Å²) in [5.74, 6) is 0.449. The summed E-state index contributed by atoms with van der Waals surface area (Å²) >= 11 is 0. The minimum atomic E-state index is -3.26. The van der Waals surface area contributed by atoms with Crippen LogP contribution in [0.4, 0.5) is 0 Å². The van der Waals surface area contributed by atoms with Gasteiger partial charge in [0.2, 0.25) is 5.91 Å². The first kappa shape index (κ1) is 25.7. The molecule has 2 aromatic rings. The first-order chi connectivity index (χ1) is 12.9. The van der Waals surface area contributed by atoms with Crippen molar-refractivity contribution in [1.82, 2.24) is 14.9 Å². The number of amides is 1. The molecule has 1 aromatic heterocycles. The second-order valence-corrected chi connectivity index (χ2v) is 9.62. The molecule has 1 aliphatic rings. The number of nitrogens with two attached hydrogens (primary N) is 1. The number of hydrogen-bond acceptors (Lipinski definition) is 5. The van der Waals surface area contributed by atoms with E-state index in [9.17, 15) is 13.2 Å². The zero-order chi connectivity index (χ0) is 19.4. The van der Waals surface area contributed by atoms with Gasteiger partial charge in [-0.2, -0.15) is 0 Å². The van der Waals surface area contributed by atoms with Gasteiger partial charge >= 0.3 is 0 Å². The molecule has 10 heteroatoms. The highest BCUT2D eigenvalue weighted by Gasteiger charge is 2.25. The van der Waals surface area contributed by atoms with Crippen LogP contribution in [0.1, 0.15) is 37.9 Å². The van der Waals surface area contributed by atoms with Crippen LogP contribution in [0.3, 0.4) is 0 Å². The second kappa shape index (κ2) is 11.2. The number of aromatic nitrogens is 2. The molecule has 0 saturated heterocycles. The van der Waals surface area contributed by atoms with Crippen molar-refractivity contribution in [3.05, 3.63) is 30.1 Å². The Morgan fingerprint density at radius 1 is 1.24 bits per heavy atom. The largest absolute Gasteiger partial charge is 0.350 e. The Morgan fingerprint density at radius 2 is 1.90 bits per heavy atom. The van der Waals surface area contributed by atoms with Crippen molar-refractivity contribution >= 4 is 51.6 Å². The summed E-state index contributed by atoms with van der Waals surface area (Å²) in [5, 5.41) is 3.07. The number of carbonyl (C=O) groups excluding carboxylic acids is 1. The van der Waals surface area contributed by atoms with Crippen molar-refractivity contribution < 1.29 is 13.2 Å². The van der Waals surface area contributed by atoms with E-state index in [2.05, 4.69) is 10.3 Å². The first-order valence-electron chi connectivity index (χ1n) is 9.48. The number of halogens is 2. The molecule has 0 aliphatic heterocycles. The third-order valence-electron chi connectivity index (χ3n) is 5.25. The van der Waals surface area contributed by atoms with Gasteiger partial charge in [0.05, 0.1) is 11.0 Å². The molecular weight excluding hydrogens is 435 g/mol. The van der Waals surface area contributed by atoms with Crippen LogP contribution in [0.25, 0.3) is 11.0 Å². The Balaban J connectivity index is 0.00000210. The average molecular weight is 465 g/mol. The van der Waals surface area contributed by atoms with E-state index >= 15 is 0 Å².